The van der Waals surface area contributed by atoms with Gasteiger partial charge in [0.25, 0.3) is 15.6 Å². The van der Waals surface area contributed by atoms with E-state index in [4.69, 9.17) is 4.74 Å². The van der Waals surface area contributed by atoms with E-state index < -0.39 is 10.0 Å². The van der Waals surface area contributed by atoms with Crippen molar-refractivity contribution in [3.05, 3.63) is 63.6 Å². The third kappa shape index (κ3) is 3.07. The predicted molar refractivity (Wildman–Crippen MR) is 117 cm³/mol. The average Bonchev–Trinajstić information content (AvgIpc) is 3.17. The van der Waals surface area contributed by atoms with Crippen molar-refractivity contribution in [1.29, 1.82) is 5.26 Å². The van der Waals surface area contributed by atoms with Gasteiger partial charge < -0.3 is 15.0 Å². The lowest BCUT2D eigenvalue weighted by Crippen LogP contribution is -2.40. The summed E-state index contributed by atoms with van der Waals surface area (Å²) in [6.07, 6.45) is 2.05. The summed E-state index contributed by atoms with van der Waals surface area (Å²) in [5.74, 6) is 0. The zero-order chi connectivity index (χ0) is 21.8. The topological polar surface area (TPSA) is 115 Å². The fraction of sp³-hybridized carbons (Fsp3) is 0.273. The number of nitrogens with one attached hydrogen (secondary N) is 2. The number of sulfonamides is 1. The molecule has 2 aromatic carbocycles. The van der Waals surface area contributed by atoms with Crippen molar-refractivity contribution in [3.8, 4) is 6.07 Å². The Labute approximate surface area is 179 Å². The van der Waals surface area contributed by atoms with Crippen molar-refractivity contribution in [1.82, 2.24) is 4.98 Å². The summed E-state index contributed by atoms with van der Waals surface area (Å²) in [6.45, 7) is 3.20. The fourth-order valence-corrected chi connectivity index (χ4v) is 6.01. The SMILES string of the molecule is Cc1c[nH]c(=O)c2cccc(S(=O)(=O)N3CCc4c(NC5COC5)cc(C#N)cc43)c12. The van der Waals surface area contributed by atoms with Crippen LogP contribution in [0.1, 0.15) is 16.7 Å². The first-order valence-corrected chi connectivity index (χ1v) is 11.4. The monoisotopic (exact) mass is 436 g/mol. The maximum Gasteiger partial charge on any atom is 0.264 e. The van der Waals surface area contributed by atoms with Crippen molar-refractivity contribution < 1.29 is 13.2 Å². The summed E-state index contributed by atoms with van der Waals surface area (Å²) in [4.78, 5) is 15.0. The van der Waals surface area contributed by atoms with Crippen LogP contribution in [-0.4, -0.2) is 39.2 Å². The van der Waals surface area contributed by atoms with Crippen molar-refractivity contribution in [3.63, 3.8) is 0 Å². The molecule has 2 aliphatic heterocycles. The number of ether oxygens (including phenoxy) is 1. The molecule has 31 heavy (non-hydrogen) atoms. The second-order valence-electron chi connectivity index (χ2n) is 7.82. The lowest BCUT2D eigenvalue weighted by molar-refractivity contribution is 0.0211. The molecular formula is C22H20N4O4S. The number of hydrogen-bond acceptors (Lipinski definition) is 6. The van der Waals surface area contributed by atoms with Crippen LogP contribution >= 0.6 is 0 Å². The van der Waals surface area contributed by atoms with Crippen LogP contribution in [0.2, 0.25) is 0 Å². The van der Waals surface area contributed by atoms with Crippen LogP contribution in [-0.2, 0) is 21.2 Å². The number of rotatable bonds is 4. The molecule has 2 aliphatic rings. The Kier molecular flexibility index (Phi) is 4.50. The Bertz CT molecular complexity index is 1420. The highest BCUT2D eigenvalue weighted by Crippen LogP contribution is 2.40. The Balaban J connectivity index is 1.66. The normalized spacial score (nSPS) is 16.1. The van der Waals surface area contributed by atoms with Gasteiger partial charge in [0.05, 0.1) is 41.5 Å². The summed E-state index contributed by atoms with van der Waals surface area (Å²) >= 11 is 0. The van der Waals surface area contributed by atoms with Gasteiger partial charge in [-0.25, -0.2) is 8.42 Å². The molecule has 0 unspecified atom stereocenters. The van der Waals surface area contributed by atoms with E-state index in [1.165, 1.54) is 16.6 Å². The van der Waals surface area contributed by atoms with Crippen molar-refractivity contribution >= 4 is 32.2 Å². The molecule has 0 aliphatic carbocycles. The largest absolute Gasteiger partial charge is 0.377 e. The molecule has 158 valence electrons. The standard InChI is InChI=1S/C22H20N4O4S/c1-13-10-24-22(27)17-3-2-4-20(21(13)17)31(28,29)26-6-5-16-18(25-15-11-30-12-15)7-14(9-23)8-19(16)26/h2-4,7-8,10,15,25H,5-6,11-12H2,1H3,(H,24,27). The molecule has 5 rings (SSSR count). The molecule has 0 spiro atoms. The van der Waals surface area contributed by atoms with Crippen molar-refractivity contribution in [2.45, 2.75) is 24.3 Å². The Morgan fingerprint density at radius 1 is 1.29 bits per heavy atom. The first kappa shape index (κ1) is 19.6. The van der Waals surface area contributed by atoms with Crippen LogP contribution in [0.25, 0.3) is 10.8 Å². The molecule has 0 atom stereocenters. The first-order valence-electron chi connectivity index (χ1n) is 9.95. The zero-order valence-corrected chi connectivity index (χ0v) is 17.6. The maximum atomic E-state index is 13.8. The average molecular weight is 436 g/mol. The maximum absolute atomic E-state index is 13.8. The van der Waals surface area contributed by atoms with Crippen LogP contribution < -0.4 is 15.2 Å². The first-order chi connectivity index (χ1) is 14.9. The minimum Gasteiger partial charge on any atom is -0.377 e. The van der Waals surface area contributed by atoms with Crippen LogP contribution in [0, 0.1) is 18.3 Å². The van der Waals surface area contributed by atoms with Crippen LogP contribution in [0.3, 0.4) is 0 Å². The number of anilines is 2. The molecule has 1 aromatic heterocycles. The third-order valence-corrected chi connectivity index (χ3v) is 7.70. The number of benzene rings is 2. The number of aryl methyl sites for hydroxylation is 1. The van der Waals surface area contributed by atoms with E-state index >= 15 is 0 Å². The zero-order valence-electron chi connectivity index (χ0n) is 16.8. The number of nitrogens with zero attached hydrogens (tertiary/aromatic N) is 2. The van der Waals surface area contributed by atoms with Crippen molar-refractivity contribution in [2.24, 2.45) is 0 Å². The Hall–Kier alpha value is -3.35. The van der Waals surface area contributed by atoms with E-state index in [1.54, 1.807) is 31.2 Å². The number of nitriles is 1. The van der Waals surface area contributed by atoms with Crippen LogP contribution in [0.5, 0.6) is 0 Å². The van der Waals surface area contributed by atoms with Gasteiger partial charge in [-0.2, -0.15) is 5.26 Å². The van der Waals surface area contributed by atoms with E-state index in [-0.39, 0.29) is 23.0 Å². The van der Waals surface area contributed by atoms with Gasteiger partial charge in [0.2, 0.25) is 0 Å². The number of pyridine rings is 1. The molecule has 1 fully saturated rings. The number of aromatic nitrogens is 1. The number of fused-ring (bicyclic) bond motifs is 2. The molecular weight excluding hydrogens is 416 g/mol. The van der Waals surface area contributed by atoms with E-state index in [1.807, 2.05) is 0 Å². The molecule has 9 heteroatoms. The predicted octanol–water partition coefficient (Wildman–Crippen LogP) is 2.27. The Morgan fingerprint density at radius 3 is 2.81 bits per heavy atom. The molecule has 0 saturated carbocycles. The smallest absolute Gasteiger partial charge is 0.264 e. The summed E-state index contributed by atoms with van der Waals surface area (Å²) in [5, 5.41) is 13.6. The second-order valence-corrected chi connectivity index (χ2v) is 9.65. The molecule has 0 amide bonds. The number of aromatic amines is 1. The lowest BCUT2D eigenvalue weighted by atomic mass is 10.1. The van der Waals surface area contributed by atoms with Gasteiger partial charge in [0, 0.05) is 34.8 Å². The molecule has 8 nitrogen and oxygen atoms in total. The second kappa shape index (κ2) is 7.11. The van der Waals surface area contributed by atoms with E-state index in [0.717, 1.165) is 11.3 Å². The van der Waals surface area contributed by atoms with Gasteiger partial charge in [-0.15, -0.1) is 0 Å². The van der Waals surface area contributed by atoms with Gasteiger partial charge in [-0.05, 0) is 43.2 Å². The fourth-order valence-electron chi connectivity index (χ4n) is 4.24. The van der Waals surface area contributed by atoms with Crippen molar-refractivity contribution in [2.75, 3.05) is 29.4 Å². The molecule has 2 N–H and O–H groups in total. The summed E-state index contributed by atoms with van der Waals surface area (Å²) in [6, 6.07) is 10.4. The molecule has 1 saturated heterocycles. The van der Waals surface area contributed by atoms with E-state index in [9.17, 15) is 18.5 Å². The molecule has 0 radical (unpaired) electrons. The third-order valence-electron chi connectivity index (χ3n) is 5.84. The minimum absolute atomic E-state index is 0.0886. The molecule has 0 bridgehead atoms. The highest BCUT2D eigenvalue weighted by molar-refractivity contribution is 7.93. The highest BCUT2D eigenvalue weighted by Gasteiger charge is 2.35. The summed E-state index contributed by atoms with van der Waals surface area (Å²) in [7, 11) is -3.96. The minimum atomic E-state index is -3.96. The lowest BCUT2D eigenvalue weighted by Gasteiger charge is -2.29. The highest BCUT2D eigenvalue weighted by atomic mass is 32.2. The van der Waals surface area contributed by atoms with E-state index in [0.29, 0.717) is 47.2 Å². The van der Waals surface area contributed by atoms with Crippen LogP contribution in [0.4, 0.5) is 11.4 Å². The van der Waals surface area contributed by atoms with Crippen LogP contribution in [0.15, 0.2) is 46.2 Å². The quantitative estimate of drug-likeness (QED) is 0.648. The molecule has 3 heterocycles. The number of hydrogen-bond donors (Lipinski definition) is 2. The van der Waals surface area contributed by atoms with E-state index in [2.05, 4.69) is 16.4 Å². The van der Waals surface area contributed by atoms with Gasteiger partial charge in [0.15, 0.2) is 0 Å². The Morgan fingerprint density at radius 2 is 2.10 bits per heavy atom. The number of H-pyrrole nitrogens is 1. The molecule has 3 aromatic rings. The van der Waals surface area contributed by atoms with Gasteiger partial charge in [-0.3, -0.25) is 9.10 Å². The summed E-state index contributed by atoms with van der Waals surface area (Å²) in [5.41, 5.74) is 2.86. The summed E-state index contributed by atoms with van der Waals surface area (Å²) < 4.78 is 34.1. The van der Waals surface area contributed by atoms with Gasteiger partial charge in [-0.1, -0.05) is 6.07 Å². The van der Waals surface area contributed by atoms with Gasteiger partial charge >= 0.3 is 0 Å². The van der Waals surface area contributed by atoms with Gasteiger partial charge in [0.1, 0.15) is 0 Å².